The van der Waals surface area contributed by atoms with Crippen LogP contribution >= 0.6 is 11.6 Å². The van der Waals surface area contributed by atoms with Crippen LogP contribution in [0.4, 0.5) is 4.39 Å². The fourth-order valence-corrected chi connectivity index (χ4v) is 2.30. The molecule has 0 saturated heterocycles. The molecule has 0 bridgehead atoms. The van der Waals surface area contributed by atoms with Crippen molar-refractivity contribution in [3.05, 3.63) is 65.1 Å². The van der Waals surface area contributed by atoms with E-state index in [2.05, 4.69) is 10.3 Å². The van der Waals surface area contributed by atoms with Gasteiger partial charge in [0.1, 0.15) is 17.2 Å². The molecule has 21 heavy (non-hydrogen) atoms. The summed E-state index contributed by atoms with van der Waals surface area (Å²) < 4.78 is 15.3. The van der Waals surface area contributed by atoms with E-state index in [1.54, 1.807) is 42.5 Å². The van der Waals surface area contributed by atoms with E-state index in [4.69, 9.17) is 11.6 Å². The van der Waals surface area contributed by atoms with Crippen LogP contribution in [0.2, 0.25) is 5.02 Å². The molecule has 3 aromatic rings. The number of carbonyl (C=O) groups excluding carboxylic acids is 1. The van der Waals surface area contributed by atoms with Gasteiger partial charge in [-0.2, -0.15) is 0 Å². The molecule has 0 amide bonds. The van der Waals surface area contributed by atoms with Crippen LogP contribution in [0.15, 0.2) is 48.5 Å². The Morgan fingerprint density at radius 3 is 2.52 bits per heavy atom. The largest absolute Gasteiger partial charge is 0.296 e. The highest BCUT2D eigenvalue weighted by Gasteiger charge is 2.19. The Kier molecular flexibility index (Phi) is 3.50. The van der Waals surface area contributed by atoms with E-state index >= 15 is 0 Å². The summed E-state index contributed by atoms with van der Waals surface area (Å²) >= 11 is 6.17. The van der Waals surface area contributed by atoms with Gasteiger partial charge in [-0.3, -0.25) is 4.79 Å². The van der Waals surface area contributed by atoms with Crippen molar-refractivity contribution in [2.24, 2.45) is 0 Å². The van der Waals surface area contributed by atoms with Crippen molar-refractivity contribution in [3.63, 3.8) is 0 Å². The van der Waals surface area contributed by atoms with Crippen molar-refractivity contribution >= 4 is 17.9 Å². The van der Waals surface area contributed by atoms with Crippen molar-refractivity contribution in [1.82, 2.24) is 15.0 Å². The molecule has 0 radical (unpaired) electrons. The van der Waals surface area contributed by atoms with E-state index in [9.17, 15) is 9.18 Å². The minimum atomic E-state index is -0.465. The standard InChI is InChI=1S/C15H9ClFN3O/c16-11-6-2-1-5-10(11)15-13(9-21)18-19-20(15)14-8-4-3-7-12(14)17/h1-9H. The van der Waals surface area contributed by atoms with Crippen molar-refractivity contribution in [2.45, 2.75) is 0 Å². The molecule has 0 atom stereocenters. The van der Waals surface area contributed by atoms with E-state index in [1.165, 1.54) is 10.7 Å². The van der Waals surface area contributed by atoms with Gasteiger partial charge in [-0.05, 0) is 18.2 Å². The van der Waals surface area contributed by atoms with Crippen LogP contribution in [0, 0.1) is 5.82 Å². The van der Waals surface area contributed by atoms with Crippen LogP contribution in [0.3, 0.4) is 0 Å². The molecule has 0 N–H and O–H groups in total. The quantitative estimate of drug-likeness (QED) is 0.695. The number of hydrogen-bond donors (Lipinski definition) is 0. The summed E-state index contributed by atoms with van der Waals surface area (Å²) in [5.74, 6) is -0.465. The zero-order valence-electron chi connectivity index (χ0n) is 10.7. The molecule has 0 aliphatic rings. The summed E-state index contributed by atoms with van der Waals surface area (Å²) in [6, 6.07) is 13.1. The third-order valence-corrected chi connectivity index (χ3v) is 3.35. The summed E-state index contributed by atoms with van der Waals surface area (Å²) in [4.78, 5) is 11.2. The molecule has 0 unspecified atom stereocenters. The predicted molar refractivity (Wildman–Crippen MR) is 77.2 cm³/mol. The average Bonchev–Trinajstić information content (AvgIpc) is 2.92. The number of halogens is 2. The molecule has 0 fully saturated rings. The monoisotopic (exact) mass is 301 g/mol. The molecule has 104 valence electrons. The molecule has 4 nitrogen and oxygen atoms in total. The summed E-state index contributed by atoms with van der Waals surface area (Å²) in [6.07, 6.45) is 0.572. The summed E-state index contributed by atoms with van der Waals surface area (Å²) in [7, 11) is 0. The van der Waals surface area contributed by atoms with Crippen LogP contribution in [-0.2, 0) is 0 Å². The summed E-state index contributed by atoms with van der Waals surface area (Å²) in [5, 5.41) is 8.09. The molecule has 1 aromatic heterocycles. The molecule has 0 spiro atoms. The Bertz CT molecular complexity index is 816. The average molecular weight is 302 g/mol. The Balaban J connectivity index is 2.30. The topological polar surface area (TPSA) is 47.8 Å². The maximum Gasteiger partial charge on any atom is 0.172 e. The lowest BCUT2D eigenvalue weighted by Gasteiger charge is -2.09. The number of nitrogens with zero attached hydrogens (tertiary/aromatic N) is 3. The number of hydrogen-bond acceptors (Lipinski definition) is 3. The van der Waals surface area contributed by atoms with Crippen LogP contribution in [-0.4, -0.2) is 21.3 Å². The second kappa shape index (κ2) is 5.46. The van der Waals surface area contributed by atoms with E-state index in [1.807, 2.05) is 0 Å². The van der Waals surface area contributed by atoms with Crippen molar-refractivity contribution < 1.29 is 9.18 Å². The lowest BCUT2D eigenvalue weighted by Crippen LogP contribution is -2.03. The van der Waals surface area contributed by atoms with Crippen molar-refractivity contribution in [2.75, 3.05) is 0 Å². The maximum absolute atomic E-state index is 14.0. The van der Waals surface area contributed by atoms with E-state index < -0.39 is 5.82 Å². The molecule has 3 rings (SSSR count). The lowest BCUT2D eigenvalue weighted by atomic mass is 10.1. The number of rotatable bonds is 3. The van der Waals surface area contributed by atoms with E-state index in [-0.39, 0.29) is 11.4 Å². The number of aldehydes is 1. The Morgan fingerprint density at radius 2 is 1.81 bits per heavy atom. The Morgan fingerprint density at radius 1 is 1.10 bits per heavy atom. The van der Waals surface area contributed by atoms with Crippen LogP contribution in [0.1, 0.15) is 10.5 Å². The Hall–Kier alpha value is -2.53. The van der Waals surface area contributed by atoms with Gasteiger partial charge in [0.05, 0.1) is 5.02 Å². The zero-order valence-corrected chi connectivity index (χ0v) is 11.5. The highest BCUT2D eigenvalue weighted by atomic mass is 35.5. The van der Waals surface area contributed by atoms with Gasteiger partial charge in [-0.15, -0.1) is 5.10 Å². The third kappa shape index (κ3) is 2.32. The highest BCUT2D eigenvalue weighted by Crippen LogP contribution is 2.31. The van der Waals surface area contributed by atoms with Gasteiger partial charge in [0, 0.05) is 5.56 Å². The Labute approximate surface area is 124 Å². The number of para-hydroxylation sites is 1. The number of benzene rings is 2. The van der Waals surface area contributed by atoms with Gasteiger partial charge in [0.2, 0.25) is 0 Å². The number of aromatic nitrogens is 3. The third-order valence-electron chi connectivity index (χ3n) is 3.02. The first-order chi connectivity index (χ1) is 10.2. The van der Waals surface area contributed by atoms with Gasteiger partial charge in [0.15, 0.2) is 12.0 Å². The molecule has 0 aliphatic carbocycles. The molecule has 1 heterocycles. The minimum absolute atomic E-state index is 0.103. The molecular weight excluding hydrogens is 293 g/mol. The second-order valence-electron chi connectivity index (χ2n) is 4.28. The van der Waals surface area contributed by atoms with Crippen LogP contribution < -0.4 is 0 Å². The normalized spacial score (nSPS) is 10.6. The van der Waals surface area contributed by atoms with Crippen LogP contribution in [0.5, 0.6) is 0 Å². The molecule has 0 saturated carbocycles. The van der Waals surface area contributed by atoms with E-state index in [0.717, 1.165) is 0 Å². The minimum Gasteiger partial charge on any atom is -0.296 e. The fourth-order valence-electron chi connectivity index (χ4n) is 2.07. The summed E-state index contributed by atoms with van der Waals surface area (Å²) in [5.41, 5.74) is 1.23. The SMILES string of the molecule is O=Cc1nnn(-c2ccccc2F)c1-c1ccccc1Cl. The van der Waals surface area contributed by atoms with Crippen LogP contribution in [0.25, 0.3) is 16.9 Å². The van der Waals surface area contributed by atoms with Crippen molar-refractivity contribution in [3.8, 4) is 16.9 Å². The number of carbonyl (C=O) groups is 1. The predicted octanol–water partition coefficient (Wildman–Crippen LogP) is 3.54. The van der Waals surface area contributed by atoms with Gasteiger partial charge < -0.3 is 0 Å². The fraction of sp³-hybridized carbons (Fsp3) is 0. The van der Waals surface area contributed by atoms with Gasteiger partial charge in [-0.25, -0.2) is 9.07 Å². The van der Waals surface area contributed by atoms with Gasteiger partial charge >= 0.3 is 0 Å². The molecule has 6 heteroatoms. The van der Waals surface area contributed by atoms with Crippen molar-refractivity contribution in [1.29, 1.82) is 0 Å². The lowest BCUT2D eigenvalue weighted by molar-refractivity contribution is 0.111. The van der Waals surface area contributed by atoms with Gasteiger partial charge in [-0.1, -0.05) is 47.1 Å². The van der Waals surface area contributed by atoms with Gasteiger partial charge in [0.25, 0.3) is 0 Å². The first-order valence-corrected chi connectivity index (χ1v) is 6.51. The second-order valence-corrected chi connectivity index (χ2v) is 4.69. The first-order valence-electron chi connectivity index (χ1n) is 6.13. The highest BCUT2D eigenvalue weighted by molar-refractivity contribution is 6.33. The molecule has 2 aromatic carbocycles. The van der Waals surface area contributed by atoms with E-state index in [0.29, 0.717) is 22.6 Å². The smallest absolute Gasteiger partial charge is 0.172 e. The molecule has 0 aliphatic heterocycles. The zero-order chi connectivity index (χ0) is 14.8. The first kappa shape index (κ1) is 13.5. The maximum atomic E-state index is 14.0. The summed E-state index contributed by atoms with van der Waals surface area (Å²) in [6.45, 7) is 0. The molecular formula is C15H9ClFN3O.